The number of nitrogens with one attached hydrogen (secondary N) is 1. The Hall–Kier alpha value is -4.14. The molecular weight excluding hydrogens is 447 g/mol. The molecule has 0 spiro atoms. The molecule has 2 aliphatic heterocycles. The van der Waals surface area contributed by atoms with Crippen molar-refractivity contribution in [3.05, 3.63) is 72.2 Å². The molecular formula is C26H27FN6O2. The smallest absolute Gasteiger partial charge is 0.267 e. The van der Waals surface area contributed by atoms with Crippen LogP contribution in [-0.4, -0.2) is 61.0 Å². The van der Waals surface area contributed by atoms with Gasteiger partial charge in [-0.15, -0.1) is 0 Å². The van der Waals surface area contributed by atoms with Gasteiger partial charge in [-0.3, -0.25) is 9.79 Å². The Labute approximate surface area is 203 Å². The second-order valence-corrected chi connectivity index (χ2v) is 8.50. The van der Waals surface area contributed by atoms with Crippen LogP contribution >= 0.6 is 0 Å². The first kappa shape index (κ1) is 22.6. The maximum atomic E-state index is 13.1. The topological polar surface area (TPSA) is 96.1 Å². The quantitative estimate of drug-likeness (QED) is 0.589. The number of hydrogen-bond acceptors (Lipinski definition) is 7. The molecule has 3 aromatic rings. The van der Waals surface area contributed by atoms with Crippen molar-refractivity contribution in [1.29, 1.82) is 0 Å². The van der Waals surface area contributed by atoms with Crippen molar-refractivity contribution in [2.24, 2.45) is 10.7 Å². The monoisotopic (exact) mass is 474 g/mol. The van der Waals surface area contributed by atoms with Gasteiger partial charge in [-0.1, -0.05) is 0 Å². The normalized spacial score (nSPS) is 15.9. The van der Waals surface area contributed by atoms with Crippen LogP contribution in [0.25, 0.3) is 11.3 Å². The van der Waals surface area contributed by atoms with Gasteiger partial charge in [0, 0.05) is 50.5 Å². The molecule has 9 heteroatoms. The van der Waals surface area contributed by atoms with E-state index in [9.17, 15) is 9.18 Å². The minimum absolute atomic E-state index is 0.227. The summed E-state index contributed by atoms with van der Waals surface area (Å²) < 4.78 is 18.9. The van der Waals surface area contributed by atoms with E-state index >= 15 is 0 Å². The third kappa shape index (κ3) is 5.34. The largest absolute Gasteiger partial charge is 0.457 e. The number of carbonyl (C=O) groups excluding carboxylic acids is 1. The first-order chi connectivity index (χ1) is 17.0. The molecule has 3 N–H and O–H groups in total. The molecule has 8 nitrogen and oxygen atoms in total. The molecule has 1 amide bonds. The summed E-state index contributed by atoms with van der Waals surface area (Å²) in [5, 5.41) is 3.38. The van der Waals surface area contributed by atoms with Crippen LogP contribution in [0.15, 0.2) is 65.7 Å². The number of halogens is 1. The molecule has 0 radical (unpaired) electrons. The zero-order valence-corrected chi connectivity index (χ0v) is 19.3. The fraction of sp³-hybridized carbons (Fsp3) is 0.269. The number of hydrogen-bond donors (Lipinski definition) is 2. The van der Waals surface area contributed by atoms with Crippen molar-refractivity contribution in [1.82, 2.24) is 15.2 Å². The molecule has 180 valence electrons. The molecule has 1 aromatic heterocycles. The number of ether oxygens (including phenoxy) is 1. The number of guanidine groups is 1. The Balaban J connectivity index is 1.33. The fourth-order valence-electron chi connectivity index (χ4n) is 4.21. The third-order valence-electron chi connectivity index (χ3n) is 6.09. The lowest BCUT2D eigenvalue weighted by atomic mass is 10.1. The highest BCUT2D eigenvalue weighted by atomic mass is 19.1. The van der Waals surface area contributed by atoms with Gasteiger partial charge in [0.15, 0.2) is 5.96 Å². The van der Waals surface area contributed by atoms with Gasteiger partial charge in [0.1, 0.15) is 23.0 Å². The summed E-state index contributed by atoms with van der Waals surface area (Å²) in [5.74, 6) is 1.26. The van der Waals surface area contributed by atoms with Gasteiger partial charge < -0.3 is 25.6 Å². The second kappa shape index (κ2) is 10.0. The predicted molar refractivity (Wildman–Crippen MR) is 133 cm³/mol. The van der Waals surface area contributed by atoms with Crippen molar-refractivity contribution in [3.8, 4) is 22.8 Å². The number of anilines is 1. The van der Waals surface area contributed by atoms with Crippen molar-refractivity contribution >= 4 is 17.6 Å². The Morgan fingerprint density at radius 3 is 2.23 bits per heavy atom. The van der Waals surface area contributed by atoms with E-state index in [0.717, 1.165) is 62.9 Å². The van der Waals surface area contributed by atoms with Gasteiger partial charge in [0.05, 0.1) is 5.69 Å². The third-order valence-corrected chi connectivity index (χ3v) is 6.09. The number of aromatic nitrogens is 1. The lowest BCUT2D eigenvalue weighted by Crippen LogP contribution is -2.53. The van der Waals surface area contributed by atoms with Crippen LogP contribution in [-0.2, 0) is 0 Å². The standard InChI is InChI=1S/C26H27FN6O2/c27-19-4-8-22(9-5-19)35-21-6-2-18(3-7-21)23-16-20(17-24(31-23)25(28)34)32-12-14-33(15-13-32)26-29-10-1-11-30-26/h2-9,16-17H,1,10-15H2,(H2,28,34)(H,29,30). The molecule has 2 aliphatic rings. The van der Waals surface area contributed by atoms with Crippen LogP contribution in [0, 0.1) is 5.82 Å². The minimum Gasteiger partial charge on any atom is -0.457 e. The molecule has 0 saturated carbocycles. The maximum Gasteiger partial charge on any atom is 0.267 e. The number of pyridine rings is 1. The molecule has 0 aliphatic carbocycles. The zero-order chi connectivity index (χ0) is 24.2. The number of rotatable bonds is 5. The summed E-state index contributed by atoms with van der Waals surface area (Å²) in [7, 11) is 0. The number of carbonyl (C=O) groups is 1. The van der Waals surface area contributed by atoms with E-state index in [-0.39, 0.29) is 11.5 Å². The average molecular weight is 475 g/mol. The first-order valence-corrected chi connectivity index (χ1v) is 11.7. The highest BCUT2D eigenvalue weighted by molar-refractivity contribution is 5.92. The molecule has 5 rings (SSSR count). The van der Waals surface area contributed by atoms with Gasteiger partial charge in [-0.25, -0.2) is 9.37 Å². The van der Waals surface area contributed by atoms with Gasteiger partial charge in [0.2, 0.25) is 0 Å². The lowest BCUT2D eigenvalue weighted by molar-refractivity contribution is 0.0995. The van der Waals surface area contributed by atoms with Crippen LogP contribution in [0.3, 0.4) is 0 Å². The molecule has 3 heterocycles. The Bertz CT molecular complexity index is 1220. The molecule has 0 atom stereocenters. The predicted octanol–water partition coefficient (Wildman–Crippen LogP) is 3.25. The highest BCUT2D eigenvalue weighted by Crippen LogP contribution is 2.28. The number of nitrogens with zero attached hydrogens (tertiary/aromatic N) is 4. The fourth-order valence-corrected chi connectivity index (χ4v) is 4.21. The summed E-state index contributed by atoms with van der Waals surface area (Å²) in [5.41, 5.74) is 8.23. The minimum atomic E-state index is -0.566. The molecule has 35 heavy (non-hydrogen) atoms. The number of primary amides is 1. The van der Waals surface area contributed by atoms with Gasteiger partial charge in [-0.05, 0) is 67.1 Å². The van der Waals surface area contributed by atoms with Crippen LogP contribution in [0.1, 0.15) is 16.9 Å². The Morgan fingerprint density at radius 2 is 1.60 bits per heavy atom. The highest BCUT2D eigenvalue weighted by Gasteiger charge is 2.22. The zero-order valence-electron chi connectivity index (χ0n) is 19.3. The van der Waals surface area contributed by atoms with Gasteiger partial charge in [0.25, 0.3) is 5.91 Å². The molecule has 1 fully saturated rings. The van der Waals surface area contributed by atoms with Crippen LogP contribution in [0.5, 0.6) is 11.5 Å². The summed E-state index contributed by atoms with van der Waals surface area (Å²) >= 11 is 0. The summed E-state index contributed by atoms with van der Waals surface area (Å²) in [6, 6.07) is 17.0. The number of amides is 1. The van der Waals surface area contributed by atoms with E-state index in [0.29, 0.717) is 17.2 Å². The van der Waals surface area contributed by atoms with Crippen molar-refractivity contribution in [2.45, 2.75) is 6.42 Å². The summed E-state index contributed by atoms with van der Waals surface area (Å²) in [6.45, 7) is 5.10. The van der Waals surface area contributed by atoms with Crippen molar-refractivity contribution in [3.63, 3.8) is 0 Å². The van der Waals surface area contributed by atoms with Crippen LogP contribution in [0.2, 0.25) is 0 Å². The number of nitrogens with two attached hydrogens (primary N) is 1. The van der Waals surface area contributed by atoms with Crippen molar-refractivity contribution in [2.75, 3.05) is 44.2 Å². The number of aliphatic imine (C=N–C) groups is 1. The SMILES string of the molecule is NC(=O)c1cc(N2CCN(C3=NCCCN3)CC2)cc(-c2ccc(Oc3ccc(F)cc3)cc2)n1. The van der Waals surface area contributed by atoms with Crippen molar-refractivity contribution < 1.29 is 13.9 Å². The Kier molecular flexibility index (Phi) is 6.47. The first-order valence-electron chi connectivity index (χ1n) is 11.7. The Morgan fingerprint density at radius 1 is 0.943 bits per heavy atom. The van der Waals surface area contributed by atoms with Gasteiger partial charge in [-0.2, -0.15) is 0 Å². The van der Waals surface area contributed by atoms with E-state index in [4.69, 9.17) is 10.5 Å². The summed E-state index contributed by atoms with van der Waals surface area (Å²) in [4.78, 5) is 25.6. The average Bonchev–Trinajstić information content (AvgIpc) is 2.91. The molecule has 1 saturated heterocycles. The molecule has 0 unspecified atom stereocenters. The number of piperazine rings is 1. The van der Waals surface area contributed by atoms with E-state index in [1.807, 2.05) is 30.3 Å². The summed E-state index contributed by atoms with van der Waals surface area (Å²) in [6.07, 6.45) is 1.07. The van der Waals surface area contributed by atoms with Crippen LogP contribution in [0.4, 0.5) is 10.1 Å². The van der Waals surface area contributed by atoms with Crippen LogP contribution < -0.4 is 20.7 Å². The number of benzene rings is 2. The molecule has 2 aromatic carbocycles. The van der Waals surface area contributed by atoms with E-state index < -0.39 is 5.91 Å². The maximum absolute atomic E-state index is 13.1. The van der Waals surface area contributed by atoms with E-state index in [2.05, 4.69) is 25.1 Å². The van der Waals surface area contributed by atoms with Gasteiger partial charge >= 0.3 is 0 Å². The van der Waals surface area contributed by atoms with E-state index in [1.54, 1.807) is 18.2 Å². The van der Waals surface area contributed by atoms with E-state index in [1.165, 1.54) is 12.1 Å². The lowest BCUT2D eigenvalue weighted by Gasteiger charge is -2.38. The molecule has 0 bridgehead atoms. The second-order valence-electron chi connectivity index (χ2n) is 8.50.